The van der Waals surface area contributed by atoms with Crippen LogP contribution in [0, 0.1) is 0 Å². The number of benzene rings is 2. The molecule has 1 aromatic heterocycles. The summed E-state index contributed by atoms with van der Waals surface area (Å²) in [6.07, 6.45) is 5.35. The van der Waals surface area contributed by atoms with Gasteiger partial charge in [-0.2, -0.15) is 0 Å². The van der Waals surface area contributed by atoms with Gasteiger partial charge in [0, 0.05) is 40.1 Å². The van der Waals surface area contributed by atoms with Crippen molar-refractivity contribution in [3.05, 3.63) is 77.6 Å². The number of fused-ring (bicyclic) bond motifs is 2. The molecule has 0 saturated heterocycles. The van der Waals surface area contributed by atoms with Gasteiger partial charge in [0.2, 0.25) is 0 Å². The van der Waals surface area contributed by atoms with Crippen LogP contribution < -0.4 is 0 Å². The Balaban J connectivity index is 1.97. The maximum absolute atomic E-state index is 11.7. The lowest BCUT2D eigenvalue weighted by Gasteiger charge is -2.35. The Bertz CT molecular complexity index is 900. The molecule has 1 aliphatic rings. The molecule has 0 fully saturated rings. The van der Waals surface area contributed by atoms with Gasteiger partial charge in [-0.05, 0) is 23.3 Å². The van der Waals surface area contributed by atoms with Crippen LogP contribution in [0.5, 0.6) is 0 Å². The normalized spacial score (nSPS) is 18.4. The highest BCUT2D eigenvalue weighted by Crippen LogP contribution is 2.39. The number of aromatic amines is 1. The minimum Gasteiger partial charge on any atom is -0.755 e. The predicted octanol–water partition coefficient (Wildman–Crippen LogP) is 3.34. The summed E-state index contributed by atoms with van der Waals surface area (Å²) in [7, 11) is 0. The first-order valence-corrected chi connectivity index (χ1v) is 8.00. The van der Waals surface area contributed by atoms with E-state index in [1.807, 2.05) is 60.8 Å². The van der Waals surface area contributed by atoms with Crippen molar-refractivity contribution >= 4 is 28.2 Å². The number of H-pyrrole nitrogens is 1. The van der Waals surface area contributed by atoms with Crippen LogP contribution in [0.4, 0.5) is 0 Å². The highest BCUT2D eigenvalue weighted by atomic mass is 32.2. The molecule has 1 N–H and O–H groups in total. The summed E-state index contributed by atoms with van der Waals surface area (Å²) in [5.74, 6) is 0. The van der Waals surface area contributed by atoms with Crippen LogP contribution in [-0.4, -0.2) is 18.1 Å². The summed E-state index contributed by atoms with van der Waals surface area (Å²) in [6.45, 7) is 0. The zero-order valence-electron chi connectivity index (χ0n) is 11.6. The highest BCUT2D eigenvalue weighted by molar-refractivity contribution is 7.76. The molecule has 5 heteroatoms. The molecule has 1 aliphatic heterocycles. The van der Waals surface area contributed by atoms with Gasteiger partial charge in [-0.3, -0.25) is 8.51 Å². The number of hydrogen-bond acceptors (Lipinski definition) is 2. The molecule has 2 atom stereocenters. The Morgan fingerprint density at radius 2 is 1.82 bits per heavy atom. The average molecular weight is 309 g/mol. The van der Waals surface area contributed by atoms with E-state index < -0.39 is 11.3 Å². The van der Waals surface area contributed by atoms with Crippen molar-refractivity contribution in [2.75, 3.05) is 0 Å². The molecule has 4 rings (SSSR count). The summed E-state index contributed by atoms with van der Waals surface area (Å²) >= 11 is -2.33. The van der Waals surface area contributed by atoms with Gasteiger partial charge in [0.25, 0.3) is 0 Å². The zero-order valence-corrected chi connectivity index (χ0v) is 12.4. The van der Waals surface area contributed by atoms with E-state index in [2.05, 4.69) is 4.98 Å². The molecule has 3 aromatic rings. The van der Waals surface area contributed by atoms with Crippen molar-refractivity contribution in [2.45, 2.75) is 6.04 Å². The van der Waals surface area contributed by atoms with E-state index in [1.165, 1.54) is 4.31 Å². The van der Waals surface area contributed by atoms with Crippen LogP contribution in [-0.2, 0) is 11.3 Å². The van der Waals surface area contributed by atoms with Crippen LogP contribution in [0.2, 0.25) is 0 Å². The van der Waals surface area contributed by atoms with E-state index >= 15 is 0 Å². The molecule has 0 bridgehead atoms. The van der Waals surface area contributed by atoms with Gasteiger partial charge in [-0.15, -0.1) is 0 Å². The van der Waals surface area contributed by atoms with Crippen molar-refractivity contribution in [2.24, 2.45) is 0 Å². The lowest BCUT2D eigenvalue weighted by molar-refractivity contribution is 0.418. The maximum Gasteiger partial charge on any atom is 0.0938 e. The first kappa shape index (κ1) is 13.3. The number of rotatable bonds is 2. The molecular weight excluding hydrogens is 296 g/mol. The molecule has 0 spiro atoms. The summed E-state index contributed by atoms with van der Waals surface area (Å²) in [5, 5.41) is 1.04. The zero-order chi connectivity index (χ0) is 15.1. The van der Waals surface area contributed by atoms with Gasteiger partial charge >= 0.3 is 0 Å². The average Bonchev–Trinajstić information content (AvgIpc) is 2.97. The van der Waals surface area contributed by atoms with Gasteiger partial charge in [-0.25, -0.2) is 0 Å². The third-order valence-electron chi connectivity index (χ3n) is 4.03. The van der Waals surface area contributed by atoms with E-state index in [0.29, 0.717) is 0 Å². The molecule has 1 unspecified atom stereocenters. The van der Waals surface area contributed by atoms with Gasteiger partial charge in [0.15, 0.2) is 0 Å². The SMILES string of the molecule is O=S([O-])N1C=Cc2ccccc2[C@H]1c1c[nH]c2ccccc12. The number of nitrogens with one attached hydrogen (secondary N) is 1. The maximum atomic E-state index is 11.7. The Hall–Kier alpha value is -2.37. The summed E-state index contributed by atoms with van der Waals surface area (Å²) in [4.78, 5) is 3.22. The second-order valence-corrected chi connectivity index (χ2v) is 6.07. The van der Waals surface area contributed by atoms with Gasteiger partial charge < -0.3 is 9.54 Å². The van der Waals surface area contributed by atoms with Crippen molar-refractivity contribution in [1.29, 1.82) is 0 Å². The lowest BCUT2D eigenvalue weighted by atomic mass is 9.92. The molecule has 2 aromatic carbocycles. The molecule has 2 heterocycles. The molecule has 0 amide bonds. The number of aromatic nitrogens is 1. The van der Waals surface area contributed by atoms with Gasteiger partial charge in [0.05, 0.1) is 6.04 Å². The Kier molecular flexibility index (Phi) is 3.10. The molecule has 0 saturated carbocycles. The largest absolute Gasteiger partial charge is 0.755 e. The summed E-state index contributed by atoms with van der Waals surface area (Å²) in [6, 6.07) is 15.4. The monoisotopic (exact) mass is 309 g/mol. The van der Waals surface area contributed by atoms with Crippen LogP contribution in [0.15, 0.2) is 60.9 Å². The highest BCUT2D eigenvalue weighted by Gasteiger charge is 2.27. The third-order valence-corrected chi connectivity index (χ3v) is 4.71. The standard InChI is InChI=1S/C17H14N2O2S/c20-22(21)19-10-9-12-5-1-2-6-13(12)17(19)15-11-18-16-8-4-3-7-14(15)16/h1-11,17-18H,(H,20,21)/p-1/t17-/m0/s1. The van der Waals surface area contributed by atoms with Crippen molar-refractivity contribution in [3.63, 3.8) is 0 Å². The van der Waals surface area contributed by atoms with E-state index in [4.69, 9.17) is 0 Å². The fourth-order valence-corrected chi connectivity index (χ4v) is 3.61. The fraction of sp³-hybridized carbons (Fsp3) is 0.0588. The van der Waals surface area contributed by atoms with Crippen LogP contribution >= 0.6 is 0 Å². The Labute approximate surface area is 130 Å². The second-order valence-electron chi connectivity index (χ2n) is 5.21. The second kappa shape index (κ2) is 5.12. The molecule has 0 radical (unpaired) electrons. The molecule has 22 heavy (non-hydrogen) atoms. The van der Waals surface area contributed by atoms with E-state index in [-0.39, 0.29) is 6.04 Å². The minimum atomic E-state index is -2.33. The molecule has 4 nitrogen and oxygen atoms in total. The smallest absolute Gasteiger partial charge is 0.0938 e. The molecule has 0 aliphatic carbocycles. The van der Waals surface area contributed by atoms with Gasteiger partial charge in [0.1, 0.15) is 0 Å². The first-order valence-electron chi connectivity index (χ1n) is 6.96. The summed E-state index contributed by atoms with van der Waals surface area (Å²) < 4.78 is 24.7. The number of hydrogen-bond donors (Lipinski definition) is 1. The van der Waals surface area contributed by atoms with E-state index in [1.54, 1.807) is 6.20 Å². The molecular formula is C17H13N2O2S-. The van der Waals surface area contributed by atoms with E-state index in [9.17, 15) is 8.76 Å². The van der Waals surface area contributed by atoms with Crippen molar-refractivity contribution in [1.82, 2.24) is 9.29 Å². The van der Waals surface area contributed by atoms with Crippen molar-refractivity contribution < 1.29 is 8.76 Å². The van der Waals surface area contributed by atoms with E-state index in [0.717, 1.165) is 27.6 Å². The number of para-hydroxylation sites is 1. The lowest BCUT2D eigenvalue weighted by Crippen LogP contribution is -2.29. The van der Waals surface area contributed by atoms with Crippen molar-refractivity contribution in [3.8, 4) is 0 Å². The first-order chi connectivity index (χ1) is 10.8. The van der Waals surface area contributed by atoms with Crippen LogP contribution in [0.1, 0.15) is 22.7 Å². The number of nitrogens with zero attached hydrogens (tertiary/aromatic N) is 1. The van der Waals surface area contributed by atoms with Gasteiger partial charge in [-0.1, -0.05) is 42.5 Å². The fourth-order valence-electron chi connectivity index (χ4n) is 3.05. The Morgan fingerprint density at radius 3 is 2.68 bits per heavy atom. The third kappa shape index (κ3) is 1.98. The quantitative estimate of drug-likeness (QED) is 0.738. The van der Waals surface area contributed by atoms with Crippen LogP contribution in [0.25, 0.3) is 17.0 Å². The minimum absolute atomic E-state index is 0.351. The molecule has 110 valence electrons. The predicted molar refractivity (Wildman–Crippen MR) is 86.4 cm³/mol. The van der Waals surface area contributed by atoms with Crippen LogP contribution in [0.3, 0.4) is 0 Å². The Morgan fingerprint density at radius 1 is 1.05 bits per heavy atom. The summed E-state index contributed by atoms with van der Waals surface area (Å²) in [5.41, 5.74) is 3.98. The topological polar surface area (TPSA) is 59.2 Å².